The van der Waals surface area contributed by atoms with E-state index >= 15 is 8.78 Å². The van der Waals surface area contributed by atoms with Crippen LogP contribution < -0.4 is 19.7 Å². The van der Waals surface area contributed by atoms with Crippen LogP contribution in [0.15, 0.2) is 73.1 Å². The fourth-order valence-corrected chi connectivity index (χ4v) is 10.0. The van der Waals surface area contributed by atoms with Crippen LogP contribution >= 0.6 is 0 Å². The van der Waals surface area contributed by atoms with Gasteiger partial charge >= 0.3 is 10.2 Å². The second kappa shape index (κ2) is 17.2. The Bertz CT molecular complexity index is 2650. The maximum atomic E-state index is 15.7. The molecule has 0 spiro atoms. The van der Waals surface area contributed by atoms with Crippen molar-refractivity contribution < 1.29 is 40.7 Å². The molecule has 2 amide bonds. The fourth-order valence-electron chi connectivity index (χ4n) is 8.74. The smallest absolute Gasteiger partial charge is 0.301 e. The molecule has 1 unspecified atom stereocenters. The van der Waals surface area contributed by atoms with Crippen LogP contribution in [-0.2, 0) is 32.9 Å². The molecule has 9 rings (SSSR count). The number of carbonyl (C=O) groups excluding carboxylic acids is 3. The summed E-state index contributed by atoms with van der Waals surface area (Å²) in [4.78, 5) is 52.0. The minimum Gasteiger partial charge on any atom is -0.494 e. The molecule has 3 aromatic carbocycles. The highest BCUT2D eigenvalue weighted by molar-refractivity contribution is 7.90. The average molecular weight is 871 g/mol. The van der Waals surface area contributed by atoms with E-state index in [9.17, 15) is 27.2 Å². The second-order valence-corrected chi connectivity index (χ2v) is 17.8. The van der Waals surface area contributed by atoms with Gasteiger partial charge in [0.2, 0.25) is 17.6 Å². The number of alkyl halides is 1. The summed E-state index contributed by atoms with van der Waals surface area (Å²) in [5.41, 5.74) is 3.75. The number of ether oxygens (including phenoxy) is 1. The number of hydrogen-bond acceptors (Lipinski definition) is 10. The quantitative estimate of drug-likeness (QED) is 0.0821. The first-order chi connectivity index (χ1) is 29.9. The molecule has 0 bridgehead atoms. The maximum absolute atomic E-state index is 15.7. The average Bonchev–Trinajstić information content (AvgIpc) is 4.02. The third-order valence-electron chi connectivity index (χ3n) is 12.2. The van der Waals surface area contributed by atoms with Crippen molar-refractivity contribution in [3.8, 4) is 16.9 Å². The number of H-pyrrole nitrogens is 1. The molecule has 324 valence electrons. The highest BCUT2D eigenvalue weighted by Gasteiger charge is 2.36. The number of rotatable bonds is 13. The van der Waals surface area contributed by atoms with E-state index < -0.39 is 45.0 Å². The fraction of sp³-hybridized carbons (Fsp3) is 0.364. The molecule has 0 radical (unpaired) electrons. The number of piperazine rings is 1. The van der Waals surface area contributed by atoms with E-state index in [2.05, 4.69) is 48.2 Å². The standard InChI is InChI=1S/C44H45F3N8O6S/c45-31-12-14-55(26-31)62(59,60)51-37-9-8-36(46)40(41(37)47)42(57)35-23-49-43-34(35)21-29(22-48-43)27-3-6-33(7-4-27)61-19-1-13-52-15-17-53(18-16-52)32-5-2-28-24-54(25-30(28)20-32)38-10-11-39(56)50-44(38)58/h2-9,20-23,31,38,51H,1,10-19,24-26H2,(H,48,49)(H,50,56,58)/t31-,38?/m1/s1. The number of aromatic nitrogens is 2. The van der Waals surface area contributed by atoms with Gasteiger partial charge in [-0.3, -0.25) is 34.2 Å². The summed E-state index contributed by atoms with van der Waals surface area (Å²) in [5.74, 6) is -3.28. The largest absolute Gasteiger partial charge is 0.494 e. The lowest BCUT2D eigenvalue weighted by Gasteiger charge is -2.36. The van der Waals surface area contributed by atoms with Gasteiger partial charge in [-0.15, -0.1) is 0 Å². The van der Waals surface area contributed by atoms with E-state index in [4.69, 9.17) is 4.74 Å². The van der Waals surface area contributed by atoms with Crippen molar-refractivity contribution in [2.45, 2.75) is 51.0 Å². The van der Waals surface area contributed by atoms with Crippen LogP contribution in [-0.4, -0.2) is 115 Å². The molecule has 0 aliphatic carbocycles. The van der Waals surface area contributed by atoms with Gasteiger partial charge in [0.25, 0.3) is 0 Å². The first-order valence-electron chi connectivity index (χ1n) is 20.7. The van der Waals surface area contributed by atoms with Crippen LogP contribution in [0.3, 0.4) is 0 Å². The van der Waals surface area contributed by atoms with E-state index in [0.717, 1.165) is 61.1 Å². The van der Waals surface area contributed by atoms with Crippen LogP contribution in [0.5, 0.6) is 5.75 Å². The highest BCUT2D eigenvalue weighted by Crippen LogP contribution is 2.33. The van der Waals surface area contributed by atoms with Crippen molar-refractivity contribution in [1.29, 1.82) is 0 Å². The van der Waals surface area contributed by atoms with Gasteiger partial charge in [0.1, 0.15) is 23.4 Å². The molecule has 5 aromatic rings. The number of imide groups is 1. The van der Waals surface area contributed by atoms with Gasteiger partial charge in [0.05, 0.1) is 23.9 Å². The Morgan fingerprint density at radius 2 is 1.71 bits per heavy atom. The van der Waals surface area contributed by atoms with E-state index in [0.29, 0.717) is 54.9 Å². The van der Waals surface area contributed by atoms with Crippen LogP contribution in [0.2, 0.25) is 0 Å². The van der Waals surface area contributed by atoms with Crippen LogP contribution in [0.25, 0.3) is 22.2 Å². The SMILES string of the molecule is O=C1CCC(N2Cc3ccc(N4CCN(CCCOc5ccc(-c6cnc7[nH]cc(C(=O)c8c(F)ccc(NS(=O)(=O)N9CC[C@@H](F)C9)c8F)c7c6)cc5)CC4)cc3C2)C(=O)N1. The summed E-state index contributed by atoms with van der Waals surface area (Å²) in [6.07, 6.45) is 3.35. The van der Waals surface area contributed by atoms with Gasteiger partial charge in [0, 0.05) is 99.9 Å². The van der Waals surface area contributed by atoms with E-state index in [-0.39, 0.29) is 42.9 Å². The van der Waals surface area contributed by atoms with Crippen molar-refractivity contribution in [2.24, 2.45) is 0 Å². The first kappa shape index (κ1) is 41.5. The van der Waals surface area contributed by atoms with Gasteiger partial charge in [-0.1, -0.05) is 18.2 Å². The number of nitrogens with one attached hydrogen (secondary N) is 3. The minimum absolute atomic E-state index is 0.00326. The van der Waals surface area contributed by atoms with Gasteiger partial charge in [-0.25, -0.2) is 18.2 Å². The molecule has 0 saturated carbocycles. The van der Waals surface area contributed by atoms with Crippen LogP contribution in [0.1, 0.15) is 52.7 Å². The molecular formula is C44H45F3N8O6S. The van der Waals surface area contributed by atoms with Crippen molar-refractivity contribution in [2.75, 3.05) is 62.0 Å². The summed E-state index contributed by atoms with van der Waals surface area (Å²) in [6.45, 7) is 6.04. The molecule has 3 saturated heterocycles. The van der Waals surface area contributed by atoms with Crippen LogP contribution in [0.4, 0.5) is 24.5 Å². The lowest BCUT2D eigenvalue weighted by molar-refractivity contribution is -0.137. The Labute approximate surface area is 356 Å². The number of halogens is 3. The molecule has 2 aromatic heterocycles. The van der Waals surface area contributed by atoms with Gasteiger partial charge in [-0.05, 0) is 78.4 Å². The Kier molecular flexibility index (Phi) is 11.5. The number of fused-ring (bicyclic) bond motifs is 2. The lowest BCUT2D eigenvalue weighted by atomic mass is 10.00. The van der Waals surface area contributed by atoms with Gasteiger partial charge in [-0.2, -0.15) is 12.7 Å². The van der Waals surface area contributed by atoms with Crippen molar-refractivity contribution in [3.05, 3.63) is 107 Å². The molecule has 14 nitrogen and oxygen atoms in total. The molecule has 6 heterocycles. The number of piperidine rings is 1. The Balaban J connectivity index is 0.766. The number of aromatic amines is 1. The third-order valence-corrected chi connectivity index (χ3v) is 13.7. The van der Waals surface area contributed by atoms with E-state index in [1.165, 1.54) is 23.0 Å². The van der Waals surface area contributed by atoms with E-state index in [1.807, 2.05) is 29.0 Å². The Hall–Kier alpha value is -5.82. The predicted molar refractivity (Wildman–Crippen MR) is 226 cm³/mol. The summed E-state index contributed by atoms with van der Waals surface area (Å²) in [6, 6.07) is 17.1. The number of benzene rings is 3. The summed E-state index contributed by atoms with van der Waals surface area (Å²) < 4.78 is 78.9. The van der Waals surface area contributed by atoms with Gasteiger partial charge in [0.15, 0.2) is 5.82 Å². The van der Waals surface area contributed by atoms with Gasteiger partial charge < -0.3 is 14.6 Å². The molecule has 4 aliphatic heterocycles. The number of carbonyl (C=O) groups is 3. The minimum atomic E-state index is -4.35. The number of pyridine rings is 1. The van der Waals surface area contributed by atoms with Crippen LogP contribution in [0, 0.1) is 11.6 Å². The normalized spacial score (nSPS) is 20.1. The Morgan fingerprint density at radius 3 is 2.47 bits per heavy atom. The molecule has 18 heteroatoms. The summed E-state index contributed by atoms with van der Waals surface area (Å²) >= 11 is 0. The number of hydrogen-bond donors (Lipinski definition) is 3. The monoisotopic (exact) mass is 870 g/mol. The first-order valence-corrected chi connectivity index (χ1v) is 22.2. The summed E-state index contributed by atoms with van der Waals surface area (Å²) in [5, 5.41) is 2.79. The maximum Gasteiger partial charge on any atom is 0.301 e. The topological polar surface area (TPSA) is 160 Å². The van der Waals surface area contributed by atoms with Crippen molar-refractivity contribution >= 4 is 50.2 Å². The van der Waals surface area contributed by atoms with Crippen molar-refractivity contribution in [3.63, 3.8) is 0 Å². The number of ketones is 1. The third kappa shape index (κ3) is 8.51. The zero-order valence-corrected chi connectivity index (χ0v) is 34.5. The second-order valence-electron chi connectivity index (χ2n) is 16.2. The zero-order valence-electron chi connectivity index (χ0n) is 33.7. The molecule has 3 fully saturated rings. The number of amides is 2. The Morgan fingerprint density at radius 1 is 0.919 bits per heavy atom. The predicted octanol–water partition coefficient (Wildman–Crippen LogP) is 5.15. The lowest BCUT2D eigenvalue weighted by Crippen LogP contribution is -2.50. The molecule has 2 atom stereocenters. The van der Waals surface area contributed by atoms with E-state index in [1.54, 1.807) is 12.3 Å². The molecular weight excluding hydrogens is 826 g/mol. The molecule has 3 N–H and O–H groups in total. The molecule has 4 aliphatic rings. The summed E-state index contributed by atoms with van der Waals surface area (Å²) in [7, 11) is -4.35. The molecule has 62 heavy (non-hydrogen) atoms. The number of anilines is 2. The highest BCUT2D eigenvalue weighted by atomic mass is 32.2. The number of nitrogens with zero attached hydrogens (tertiary/aromatic N) is 5. The zero-order chi connectivity index (χ0) is 43.1. The van der Waals surface area contributed by atoms with Crippen molar-refractivity contribution in [1.82, 2.24) is 29.4 Å².